The van der Waals surface area contributed by atoms with Gasteiger partial charge >= 0.3 is 8.56 Å². The van der Waals surface area contributed by atoms with Gasteiger partial charge in [-0.1, -0.05) is 39.5 Å². The maximum atomic E-state index is 9.71. The average molecular weight is 511 g/mol. The standard InChI is InChI=1S/C14H34OSi2.C9H24O3Si2/c1-13(2,12-16(5,6)7)11-14(3,4)15-17(8,9)10;1-9(2,12-14(5,6)11)7-8-13(3,4)10/h11-12H2,1-10H3;10-11H,7-8H2,1-6H3. The fraction of sp³-hybridized carbons (Fsp3) is 1.00. The Kier molecular flexibility index (Phi) is 12.5. The summed E-state index contributed by atoms with van der Waals surface area (Å²) in [5.74, 6) is 0. The predicted octanol–water partition coefficient (Wildman–Crippen LogP) is 7.43. The summed E-state index contributed by atoms with van der Waals surface area (Å²) in [7, 11) is -6.88. The van der Waals surface area contributed by atoms with E-state index in [1.165, 1.54) is 6.04 Å². The van der Waals surface area contributed by atoms with Crippen molar-refractivity contribution >= 4 is 33.3 Å². The molecule has 0 aliphatic carbocycles. The summed E-state index contributed by atoms with van der Waals surface area (Å²) in [6.45, 7) is 34.8. The van der Waals surface area contributed by atoms with Crippen LogP contribution in [0, 0.1) is 5.41 Å². The van der Waals surface area contributed by atoms with Gasteiger partial charge in [-0.25, -0.2) is 0 Å². The van der Waals surface area contributed by atoms with Crippen molar-refractivity contribution < 1.29 is 18.4 Å². The molecule has 0 aliphatic heterocycles. The second-order valence-corrected chi connectivity index (χ2v) is 31.8. The van der Waals surface area contributed by atoms with Gasteiger partial charge in [0.2, 0.25) is 0 Å². The van der Waals surface area contributed by atoms with Crippen molar-refractivity contribution in [1.29, 1.82) is 0 Å². The first-order valence-corrected chi connectivity index (χ1v) is 25.0. The van der Waals surface area contributed by atoms with E-state index in [0.717, 1.165) is 18.9 Å². The summed E-state index contributed by atoms with van der Waals surface area (Å²) < 4.78 is 12.0. The van der Waals surface area contributed by atoms with E-state index in [-0.39, 0.29) is 11.2 Å². The van der Waals surface area contributed by atoms with Gasteiger partial charge in [-0.15, -0.1) is 0 Å². The summed E-state index contributed by atoms with van der Waals surface area (Å²) >= 11 is 0. The monoisotopic (exact) mass is 510 g/mol. The van der Waals surface area contributed by atoms with Crippen LogP contribution in [0.25, 0.3) is 0 Å². The van der Waals surface area contributed by atoms with Gasteiger partial charge in [-0.2, -0.15) is 0 Å². The van der Waals surface area contributed by atoms with Crippen molar-refractivity contribution in [2.75, 3.05) is 0 Å². The number of rotatable bonds is 11. The molecule has 8 heteroatoms. The van der Waals surface area contributed by atoms with Crippen LogP contribution in [0.2, 0.25) is 77.6 Å². The Morgan fingerprint density at radius 3 is 1.35 bits per heavy atom. The molecule has 4 nitrogen and oxygen atoms in total. The zero-order valence-corrected chi connectivity index (χ0v) is 28.0. The van der Waals surface area contributed by atoms with Crippen molar-refractivity contribution in [3.05, 3.63) is 0 Å². The van der Waals surface area contributed by atoms with Crippen molar-refractivity contribution in [1.82, 2.24) is 0 Å². The summed E-state index contributed by atoms with van der Waals surface area (Å²) in [5.41, 5.74) is 0.0959. The van der Waals surface area contributed by atoms with Crippen LogP contribution in [-0.2, 0) is 8.85 Å². The molecule has 0 fully saturated rings. The lowest BCUT2D eigenvalue weighted by Crippen LogP contribution is -2.42. The zero-order valence-electron chi connectivity index (χ0n) is 24.0. The fourth-order valence-electron chi connectivity index (χ4n) is 4.85. The van der Waals surface area contributed by atoms with Crippen molar-refractivity contribution in [3.63, 3.8) is 0 Å². The van der Waals surface area contributed by atoms with Crippen LogP contribution in [-0.4, -0.2) is 54.1 Å². The Morgan fingerprint density at radius 2 is 1.06 bits per heavy atom. The van der Waals surface area contributed by atoms with Crippen molar-refractivity contribution in [2.45, 2.75) is 143 Å². The quantitative estimate of drug-likeness (QED) is 0.284. The highest BCUT2D eigenvalue weighted by Gasteiger charge is 2.36. The van der Waals surface area contributed by atoms with Crippen LogP contribution >= 0.6 is 0 Å². The molecule has 0 amide bonds. The van der Waals surface area contributed by atoms with E-state index in [0.29, 0.717) is 5.41 Å². The first-order valence-electron chi connectivity index (χ1n) is 11.9. The molecule has 0 aromatic carbocycles. The van der Waals surface area contributed by atoms with E-state index in [2.05, 4.69) is 67.0 Å². The molecule has 31 heavy (non-hydrogen) atoms. The molecule has 0 aliphatic rings. The highest BCUT2D eigenvalue weighted by atomic mass is 28.4. The molecule has 0 saturated carbocycles. The van der Waals surface area contributed by atoms with Gasteiger partial charge in [0.25, 0.3) is 0 Å². The summed E-state index contributed by atoms with van der Waals surface area (Å²) in [4.78, 5) is 19.4. The molecule has 0 aromatic rings. The largest absolute Gasteiger partial charge is 0.432 e. The Labute approximate surface area is 200 Å². The lowest BCUT2D eigenvalue weighted by Gasteiger charge is -2.41. The minimum Gasteiger partial charge on any atom is -0.432 e. The molecular formula is C23H58O4Si4. The van der Waals surface area contributed by atoms with E-state index < -0.39 is 33.3 Å². The second-order valence-electron chi connectivity index (χ2n) is 14.7. The van der Waals surface area contributed by atoms with E-state index in [1.54, 1.807) is 13.1 Å². The normalized spacial score (nSPS) is 14.9. The average Bonchev–Trinajstić information content (AvgIpc) is 2.24. The first-order chi connectivity index (χ1) is 13.0. The molecule has 2 N–H and O–H groups in total. The van der Waals surface area contributed by atoms with Gasteiger partial charge in [0.15, 0.2) is 16.6 Å². The lowest BCUT2D eigenvalue weighted by atomic mass is 9.83. The van der Waals surface area contributed by atoms with Gasteiger partial charge in [-0.05, 0) is 97.8 Å². The predicted molar refractivity (Wildman–Crippen MR) is 149 cm³/mol. The number of hydrogen-bond acceptors (Lipinski definition) is 4. The Morgan fingerprint density at radius 1 is 0.645 bits per heavy atom. The molecule has 190 valence electrons. The van der Waals surface area contributed by atoms with Crippen molar-refractivity contribution in [2.24, 2.45) is 5.41 Å². The van der Waals surface area contributed by atoms with Crippen LogP contribution in [0.15, 0.2) is 0 Å². The molecule has 0 aromatic heterocycles. The molecule has 0 bridgehead atoms. The van der Waals surface area contributed by atoms with Crippen LogP contribution in [0.3, 0.4) is 0 Å². The van der Waals surface area contributed by atoms with E-state index in [1.807, 2.05) is 26.9 Å². The highest BCUT2D eigenvalue weighted by molar-refractivity contribution is 6.76. The summed E-state index contributed by atoms with van der Waals surface area (Å²) in [5, 5.41) is 0. The third-order valence-corrected chi connectivity index (χ3v) is 10.1. The molecule has 0 heterocycles. The van der Waals surface area contributed by atoms with E-state index >= 15 is 0 Å². The topological polar surface area (TPSA) is 58.9 Å². The molecule has 0 unspecified atom stereocenters. The van der Waals surface area contributed by atoms with Crippen LogP contribution in [0.1, 0.15) is 54.4 Å². The highest BCUT2D eigenvalue weighted by Crippen LogP contribution is 2.38. The van der Waals surface area contributed by atoms with Crippen LogP contribution in [0.5, 0.6) is 0 Å². The minimum absolute atomic E-state index is 0.0215. The molecule has 0 atom stereocenters. The Bertz CT molecular complexity index is 494. The van der Waals surface area contributed by atoms with Gasteiger partial charge in [-0.3, -0.25) is 0 Å². The number of hydrogen-bond donors (Lipinski definition) is 2. The fourth-order valence-corrected chi connectivity index (χ4v) is 12.2. The maximum absolute atomic E-state index is 9.71. The maximum Gasteiger partial charge on any atom is 0.329 e. The molecule has 0 saturated heterocycles. The van der Waals surface area contributed by atoms with Crippen LogP contribution in [0.4, 0.5) is 0 Å². The van der Waals surface area contributed by atoms with Gasteiger partial charge < -0.3 is 18.4 Å². The third kappa shape index (κ3) is 25.2. The third-order valence-electron chi connectivity index (χ3n) is 4.36. The molecule has 0 rings (SSSR count). The van der Waals surface area contributed by atoms with Crippen molar-refractivity contribution in [3.8, 4) is 0 Å². The first kappa shape index (κ1) is 33.9. The second kappa shape index (κ2) is 11.4. The summed E-state index contributed by atoms with van der Waals surface area (Å²) in [6, 6.07) is 2.18. The Balaban J connectivity index is 0. The van der Waals surface area contributed by atoms with E-state index in [4.69, 9.17) is 8.85 Å². The Hall–Kier alpha value is 0.708. The van der Waals surface area contributed by atoms with Gasteiger partial charge in [0.05, 0.1) is 11.2 Å². The zero-order chi connectivity index (χ0) is 25.7. The van der Waals surface area contributed by atoms with Crippen LogP contribution < -0.4 is 0 Å². The molecular weight excluding hydrogens is 453 g/mol. The smallest absolute Gasteiger partial charge is 0.329 e. The molecule has 0 radical (unpaired) electrons. The van der Waals surface area contributed by atoms with Gasteiger partial charge in [0, 0.05) is 8.07 Å². The lowest BCUT2D eigenvalue weighted by molar-refractivity contribution is 0.0546. The SMILES string of the molecule is CC(C)(CC(C)(C)O[Si](C)(C)C)C[Si](C)(C)C.CC(C)(CC[Si](C)(C)O)O[Si](C)(C)O. The summed E-state index contributed by atoms with van der Waals surface area (Å²) in [6.07, 6.45) is 1.97. The van der Waals surface area contributed by atoms with Gasteiger partial charge in [0.1, 0.15) is 0 Å². The van der Waals surface area contributed by atoms with E-state index in [9.17, 15) is 9.59 Å². The minimum atomic E-state index is -2.46. The molecule has 0 spiro atoms.